The number of ether oxygens (including phenoxy) is 2. The van der Waals surface area contributed by atoms with Gasteiger partial charge in [0.25, 0.3) is 0 Å². The lowest BCUT2D eigenvalue weighted by Gasteiger charge is -2.12. The third-order valence-electron chi connectivity index (χ3n) is 1.74. The molecule has 0 amide bonds. The van der Waals surface area contributed by atoms with Crippen LogP contribution in [0, 0.1) is 5.82 Å². The van der Waals surface area contributed by atoms with Crippen molar-refractivity contribution < 1.29 is 31.8 Å². The fourth-order valence-corrected chi connectivity index (χ4v) is 1.04. The smallest absolute Gasteiger partial charge is 0.465 e. The van der Waals surface area contributed by atoms with E-state index in [9.17, 15) is 22.4 Å². The summed E-state index contributed by atoms with van der Waals surface area (Å²) in [5.41, 5.74) is 3.78. The van der Waals surface area contributed by atoms with Gasteiger partial charge in [-0.2, -0.15) is 0 Å². The first-order valence-corrected chi connectivity index (χ1v) is 4.17. The van der Waals surface area contributed by atoms with Crippen LogP contribution in [0.4, 0.5) is 23.2 Å². The quantitative estimate of drug-likeness (QED) is 0.498. The Balaban J connectivity index is 3.20. The molecule has 1 aromatic carbocycles. The van der Waals surface area contributed by atoms with Gasteiger partial charge >= 0.3 is 12.3 Å². The molecule has 94 valence electrons. The molecule has 0 saturated heterocycles. The Bertz CT molecular complexity index is 445. The first kappa shape index (κ1) is 13.1. The van der Waals surface area contributed by atoms with Crippen molar-refractivity contribution in [1.29, 1.82) is 0 Å². The third-order valence-corrected chi connectivity index (χ3v) is 1.74. The van der Waals surface area contributed by atoms with E-state index in [0.29, 0.717) is 12.1 Å². The van der Waals surface area contributed by atoms with Crippen LogP contribution in [-0.4, -0.2) is 19.4 Å². The fraction of sp³-hybridized carbons (Fsp3) is 0.222. The lowest BCUT2D eigenvalue weighted by atomic mass is 10.2. The number of carbonyl (C=O) groups is 1. The second-order valence-electron chi connectivity index (χ2n) is 2.91. The lowest BCUT2D eigenvalue weighted by molar-refractivity contribution is -0.274. The first-order chi connectivity index (χ1) is 7.74. The van der Waals surface area contributed by atoms with E-state index in [0.717, 1.165) is 7.11 Å². The van der Waals surface area contributed by atoms with Crippen molar-refractivity contribution in [3.05, 3.63) is 23.5 Å². The molecule has 0 aromatic heterocycles. The molecule has 0 radical (unpaired) electrons. The molecule has 0 bridgehead atoms. The topological polar surface area (TPSA) is 61.5 Å². The van der Waals surface area contributed by atoms with Crippen LogP contribution in [0.3, 0.4) is 0 Å². The van der Waals surface area contributed by atoms with Crippen molar-refractivity contribution in [3.63, 3.8) is 0 Å². The first-order valence-electron chi connectivity index (χ1n) is 4.17. The summed E-state index contributed by atoms with van der Waals surface area (Å²) in [5, 5.41) is 0. The standard InChI is InChI=1S/C9H7F4NO3/c1-16-8(15)4-2-5(10)7(14)6(3-4)17-9(11,12)13/h2-3H,14H2,1H3. The molecule has 2 N–H and O–H groups in total. The molecule has 8 heteroatoms. The number of alkyl halides is 3. The molecule has 1 rings (SSSR count). The van der Waals surface area contributed by atoms with E-state index >= 15 is 0 Å². The van der Waals surface area contributed by atoms with Crippen LogP contribution in [0.5, 0.6) is 5.75 Å². The number of anilines is 1. The Morgan fingerprint density at radius 2 is 1.94 bits per heavy atom. The maximum Gasteiger partial charge on any atom is 0.573 e. The van der Waals surface area contributed by atoms with Gasteiger partial charge in [0.2, 0.25) is 0 Å². The Kier molecular flexibility index (Phi) is 3.45. The minimum Gasteiger partial charge on any atom is -0.465 e. The van der Waals surface area contributed by atoms with Gasteiger partial charge in [0.15, 0.2) is 11.6 Å². The van der Waals surface area contributed by atoms with Crippen molar-refractivity contribution in [2.24, 2.45) is 0 Å². The number of hydrogen-bond acceptors (Lipinski definition) is 4. The molecule has 17 heavy (non-hydrogen) atoms. The summed E-state index contributed by atoms with van der Waals surface area (Å²) in [5.74, 6) is -3.19. The van der Waals surface area contributed by atoms with Gasteiger partial charge in [0, 0.05) is 0 Å². The Hall–Kier alpha value is -1.99. The summed E-state index contributed by atoms with van der Waals surface area (Å²) < 4.78 is 56.7. The molecule has 0 atom stereocenters. The summed E-state index contributed by atoms with van der Waals surface area (Å²) in [6.45, 7) is 0. The van der Waals surface area contributed by atoms with E-state index in [2.05, 4.69) is 9.47 Å². The molecule has 0 aliphatic carbocycles. The van der Waals surface area contributed by atoms with E-state index in [1.54, 1.807) is 0 Å². The van der Waals surface area contributed by atoms with Crippen LogP contribution in [0.25, 0.3) is 0 Å². The molecule has 4 nitrogen and oxygen atoms in total. The van der Waals surface area contributed by atoms with Gasteiger partial charge in [-0.1, -0.05) is 0 Å². The second kappa shape index (κ2) is 4.48. The van der Waals surface area contributed by atoms with Crippen LogP contribution in [0.1, 0.15) is 10.4 Å². The number of hydrogen-bond donors (Lipinski definition) is 1. The number of benzene rings is 1. The number of nitrogen functional groups attached to an aromatic ring is 1. The highest BCUT2D eigenvalue weighted by molar-refractivity contribution is 5.90. The minimum atomic E-state index is -5.03. The van der Waals surface area contributed by atoms with Crippen molar-refractivity contribution in [3.8, 4) is 5.75 Å². The van der Waals surface area contributed by atoms with Gasteiger partial charge in [0.1, 0.15) is 5.69 Å². The summed E-state index contributed by atoms with van der Waals surface area (Å²) >= 11 is 0. The van der Waals surface area contributed by atoms with Gasteiger partial charge in [-0.15, -0.1) is 13.2 Å². The second-order valence-corrected chi connectivity index (χ2v) is 2.91. The highest BCUT2D eigenvalue weighted by atomic mass is 19.4. The average molecular weight is 253 g/mol. The molecular weight excluding hydrogens is 246 g/mol. The van der Waals surface area contributed by atoms with Crippen LogP contribution in [0.2, 0.25) is 0 Å². The van der Waals surface area contributed by atoms with Gasteiger partial charge in [0.05, 0.1) is 12.7 Å². The van der Waals surface area contributed by atoms with Gasteiger partial charge in [-0.05, 0) is 12.1 Å². The third kappa shape index (κ3) is 3.23. The number of esters is 1. The summed E-state index contributed by atoms with van der Waals surface area (Å²) in [6.07, 6.45) is -5.03. The van der Waals surface area contributed by atoms with Crippen molar-refractivity contribution in [1.82, 2.24) is 0 Å². The van der Waals surface area contributed by atoms with E-state index in [1.165, 1.54) is 0 Å². The van der Waals surface area contributed by atoms with E-state index < -0.39 is 35.1 Å². The maximum atomic E-state index is 13.1. The minimum absolute atomic E-state index is 0.432. The molecule has 0 saturated carbocycles. The van der Waals surface area contributed by atoms with Crippen molar-refractivity contribution in [2.45, 2.75) is 6.36 Å². The normalized spacial score (nSPS) is 11.1. The maximum absolute atomic E-state index is 13.1. The van der Waals surface area contributed by atoms with Crippen LogP contribution in [0.15, 0.2) is 12.1 Å². The van der Waals surface area contributed by atoms with E-state index in [1.807, 2.05) is 0 Å². The lowest BCUT2D eigenvalue weighted by Crippen LogP contribution is -2.19. The number of nitrogens with two attached hydrogens (primary N) is 1. The fourth-order valence-electron chi connectivity index (χ4n) is 1.04. The van der Waals surface area contributed by atoms with E-state index in [4.69, 9.17) is 5.73 Å². The molecule has 0 unspecified atom stereocenters. The zero-order valence-electron chi connectivity index (χ0n) is 8.47. The molecule has 0 aliphatic rings. The van der Waals surface area contributed by atoms with Crippen LogP contribution >= 0.6 is 0 Å². The summed E-state index contributed by atoms with van der Waals surface area (Å²) in [4.78, 5) is 11.0. The number of rotatable bonds is 2. The summed E-state index contributed by atoms with van der Waals surface area (Å²) in [7, 11) is 1.00. The van der Waals surface area contributed by atoms with Crippen LogP contribution < -0.4 is 10.5 Å². The Morgan fingerprint density at radius 3 is 2.41 bits per heavy atom. The van der Waals surface area contributed by atoms with Crippen molar-refractivity contribution in [2.75, 3.05) is 12.8 Å². The number of carbonyl (C=O) groups excluding carboxylic acids is 1. The van der Waals surface area contributed by atoms with Crippen molar-refractivity contribution >= 4 is 11.7 Å². The predicted octanol–water partition coefficient (Wildman–Crippen LogP) is 2.09. The molecular formula is C9H7F4NO3. The molecule has 0 heterocycles. The highest BCUT2D eigenvalue weighted by Gasteiger charge is 2.33. The van der Waals surface area contributed by atoms with Crippen LogP contribution in [-0.2, 0) is 4.74 Å². The average Bonchev–Trinajstić information content (AvgIpc) is 2.21. The van der Waals surface area contributed by atoms with Gasteiger partial charge in [-0.25, -0.2) is 9.18 Å². The zero-order valence-corrected chi connectivity index (χ0v) is 8.47. The Labute approximate surface area is 92.9 Å². The molecule has 0 spiro atoms. The van der Waals surface area contributed by atoms with E-state index in [-0.39, 0.29) is 0 Å². The van der Waals surface area contributed by atoms with Gasteiger partial charge in [-0.3, -0.25) is 0 Å². The highest BCUT2D eigenvalue weighted by Crippen LogP contribution is 2.31. The zero-order chi connectivity index (χ0) is 13.2. The molecule has 0 fully saturated rings. The molecule has 1 aromatic rings. The summed E-state index contributed by atoms with van der Waals surface area (Å²) in [6, 6.07) is 1.31. The van der Waals surface area contributed by atoms with Gasteiger partial charge < -0.3 is 15.2 Å². The monoisotopic (exact) mass is 253 g/mol. The number of methoxy groups -OCH3 is 1. The molecule has 0 aliphatic heterocycles. The Morgan fingerprint density at radius 1 is 1.35 bits per heavy atom. The number of halogens is 4. The largest absolute Gasteiger partial charge is 0.573 e. The SMILES string of the molecule is COC(=O)c1cc(F)c(N)c(OC(F)(F)F)c1. The predicted molar refractivity (Wildman–Crippen MR) is 48.8 cm³/mol.